The Morgan fingerprint density at radius 1 is 0.356 bits per heavy atom. The van der Waals surface area contributed by atoms with Gasteiger partial charge in [0, 0.05) is 43.8 Å². The van der Waals surface area contributed by atoms with Gasteiger partial charge < -0.3 is 4.57 Å². The molecule has 59 heavy (non-hydrogen) atoms. The van der Waals surface area contributed by atoms with Gasteiger partial charge in [-0.25, -0.2) is 9.97 Å². The summed E-state index contributed by atoms with van der Waals surface area (Å²) in [6.45, 7) is 4.70. The van der Waals surface area contributed by atoms with Gasteiger partial charge in [0.2, 0.25) is 5.95 Å². The molecule has 0 saturated carbocycles. The maximum atomic E-state index is 5.23. The summed E-state index contributed by atoms with van der Waals surface area (Å²) < 4.78 is 4.67. The predicted octanol–water partition coefficient (Wildman–Crippen LogP) is 14.0. The van der Waals surface area contributed by atoms with E-state index in [1.54, 1.807) is 0 Å². The molecule has 12 rings (SSSR count). The first-order valence-corrected chi connectivity index (χ1v) is 20.3. The Morgan fingerprint density at radius 2 is 0.847 bits per heavy atom. The number of rotatable bonds is 5. The molecule has 0 saturated heterocycles. The lowest BCUT2D eigenvalue weighted by Crippen LogP contribution is -2.15. The molecule has 1 aliphatic rings. The molecule has 0 atom stereocenters. The van der Waals surface area contributed by atoms with Crippen LogP contribution in [0.4, 0.5) is 0 Å². The highest BCUT2D eigenvalue weighted by Gasteiger charge is 2.35. The van der Waals surface area contributed by atoms with Crippen LogP contribution in [0.2, 0.25) is 0 Å². The molecule has 0 aliphatic heterocycles. The molecule has 0 N–H and O–H groups in total. The number of hydrogen-bond donors (Lipinski definition) is 0. The highest BCUT2D eigenvalue weighted by atomic mass is 15.2. The molecule has 3 heterocycles. The van der Waals surface area contributed by atoms with Gasteiger partial charge in [-0.05, 0) is 88.0 Å². The van der Waals surface area contributed by atoms with Gasteiger partial charge in [0.25, 0.3) is 0 Å². The molecule has 0 fully saturated rings. The molecule has 8 aromatic carbocycles. The summed E-state index contributed by atoms with van der Waals surface area (Å²) in [4.78, 5) is 10.5. The summed E-state index contributed by atoms with van der Waals surface area (Å²) in [6, 6.07) is 70.0. The highest BCUT2D eigenvalue weighted by molar-refractivity contribution is 6.12. The fourth-order valence-electron chi connectivity index (χ4n) is 9.68. The van der Waals surface area contributed by atoms with Gasteiger partial charge in [-0.15, -0.1) is 0 Å². The monoisotopic (exact) mass is 754 g/mol. The van der Waals surface area contributed by atoms with E-state index >= 15 is 0 Å². The van der Waals surface area contributed by atoms with E-state index in [0.717, 1.165) is 38.9 Å². The minimum absolute atomic E-state index is 0.0728. The summed E-state index contributed by atoms with van der Waals surface area (Å²) in [5, 5.41) is 4.81. The molecule has 0 unspecified atom stereocenters. The van der Waals surface area contributed by atoms with Gasteiger partial charge >= 0.3 is 0 Å². The van der Waals surface area contributed by atoms with Crippen molar-refractivity contribution < 1.29 is 0 Å². The Bertz CT molecular complexity index is 3400. The third-order valence-electron chi connectivity index (χ3n) is 12.6. The summed E-state index contributed by atoms with van der Waals surface area (Å²) in [5.74, 6) is 0.650. The average molecular weight is 755 g/mol. The van der Waals surface area contributed by atoms with E-state index in [1.165, 1.54) is 66.3 Å². The predicted molar refractivity (Wildman–Crippen MR) is 245 cm³/mol. The van der Waals surface area contributed by atoms with Gasteiger partial charge in [0.05, 0.1) is 33.5 Å². The quantitative estimate of drug-likeness (QED) is 0.175. The number of fused-ring (bicyclic) bond motifs is 9. The van der Waals surface area contributed by atoms with Crippen molar-refractivity contribution >= 4 is 43.6 Å². The summed E-state index contributed by atoms with van der Waals surface area (Å²) >= 11 is 0. The Balaban J connectivity index is 1.01. The largest absolute Gasteiger partial charge is 0.309 e. The maximum Gasteiger partial charge on any atom is 0.235 e. The fraction of sp³-hybridized carbons (Fsp3) is 0.0545. The van der Waals surface area contributed by atoms with Gasteiger partial charge in [-0.3, -0.25) is 4.57 Å². The van der Waals surface area contributed by atoms with E-state index in [0.29, 0.717) is 5.95 Å². The van der Waals surface area contributed by atoms with E-state index in [2.05, 4.69) is 205 Å². The van der Waals surface area contributed by atoms with Crippen molar-refractivity contribution in [1.82, 2.24) is 19.1 Å². The van der Waals surface area contributed by atoms with Crippen molar-refractivity contribution in [2.75, 3.05) is 0 Å². The summed E-state index contributed by atoms with van der Waals surface area (Å²) in [5.41, 5.74) is 17.3. The molecule has 4 nitrogen and oxygen atoms in total. The molecule has 1 aliphatic carbocycles. The number of nitrogens with zero attached hydrogens (tertiary/aromatic N) is 4. The third kappa shape index (κ3) is 5.09. The molecular formula is C55H38N4. The minimum Gasteiger partial charge on any atom is -0.309 e. The first-order chi connectivity index (χ1) is 29.0. The summed E-state index contributed by atoms with van der Waals surface area (Å²) in [7, 11) is 0. The molecule has 0 radical (unpaired) electrons. The lowest BCUT2D eigenvalue weighted by Gasteiger charge is -2.22. The van der Waals surface area contributed by atoms with E-state index in [-0.39, 0.29) is 5.41 Å². The lowest BCUT2D eigenvalue weighted by atomic mass is 9.82. The van der Waals surface area contributed by atoms with E-state index < -0.39 is 0 Å². The molecule has 3 aromatic heterocycles. The van der Waals surface area contributed by atoms with Crippen molar-refractivity contribution in [3.8, 4) is 56.4 Å². The smallest absolute Gasteiger partial charge is 0.235 e. The Labute approximate surface area is 342 Å². The first kappa shape index (κ1) is 33.6. The van der Waals surface area contributed by atoms with Crippen LogP contribution in [0.25, 0.3) is 100 Å². The highest BCUT2D eigenvalue weighted by Crippen LogP contribution is 2.49. The minimum atomic E-state index is -0.0728. The normalized spacial score (nSPS) is 13.1. The Hall–Kier alpha value is -7.56. The average Bonchev–Trinajstić information content (AvgIpc) is 3.89. The van der Waals surface area contributed by atoms with Crippen molar-refractivity contribution in [3.63, 3.8) is 0 Å². The van der Waals surface area contributed by atoms with Crippen LogP contribution >= 0.6 is 0 Å². The second-order valence-corrected chi connectivity index (χ2v) is 16.2. The van der Waals surface area contributed by atoms with Crippen molar-refractivity contribution in [3.05, 3.63) is 205 Å². The number of aromatic nitrogens is 4. The van der Waals surface area contributed by atoms with Crippen LogP contribution in [0.1, 0.15) is 25.0 Å². The third-order valence-corrected chi connectivity index (χ3v) is 12.6. The standard InChI is InChI=1S/C55H38N4/c1-55(2)46-22-12-9-19-40(46)41-28-27-39(33-47(41)55)58-50-23-13-10-20-42(50)44-31-37(25-29-52(44)58)38-26-30-53-45(32-38)43-21-11-14-24-51(43)59(53)54-56-48(35-15-5-3-6-16-35)34-49(57-54)36-17-7-4-8-18-36/h3-34H,1-2H3. The SMILES string of the molecule is CC1(C)c2ccccc2-c2ccc(-n3c4ccccc4c4cc(-c5ccc6c(c5)c5ccccc5n6-c5nc(-c6ccccc6)cc(-c6ccccc6)n5)ccc43)cc21. The Morgan fingerprint density at radius 3 is 1.47 bits per heavy atom. The zero-order chi connectivity index (χ0) is 39.2. The molecular weight excluding hydrogens is 717 g/mol. The molecule has 0 bridgehead atoms. The van der Waals surface area contributed by atoms with Gasteiger partial charge in [-0.1, -0.05) is 153 Å². The van der Waals surface area contributed by atoms with Crippen LogP contribution < -0.4 is 0 Å². The van der Waals surface area contributed by atoms with Crippen molar-refractivity contribution in [2.24, 2.45) is 0 Å². The molecule has 11 aromatic rings. The lowest BCUT2D eigenvalue weighted by molar-refractivity contribution is 0.660. The molecule has 278 valence electrons. The maximum absolute atomic E-state index is 5.23. The zero-order valence-corrected chi connectivity index (χ0v) is 32.8. The van der Waals surface area contributed by atoms with Crippen LogP contribution in [0.5, 0.6) is 0 Å². The van der Waals surface area contributed by atoms with E-state index in [9.17, 15) is 0 Å². The number of benzene rings is 8. The van der Waals surface area contributed by atoms with Crippen LogP contribution in [0, 0.1) is 0 Å². The number of para-hydroxylation sites is 2. The first-order valence-electron chi connectivity index (χ1n) is 20.3. The molecule has 4 heteroatoms. The second kappa shape index (κ2) is 12.7. The fourth-order valence-corrected chi connectivity index (χ4v) is 9.68. The van der Waals surface area contributed by atoms with Crippen molar-refractivity contribution in [2.45, 2.75) is 19.3 Å². The van der Waals surface area contributed by atoms with Crippen molar-refractivity contribution in [1.29, 1.82) is 0 Å². The molecule has 0 amide bonds. The van der Waals surface area contributed by atoms with Gasteiger partial charge in [0.1, 0.15) is 0 Å². The van der Waals surface area contributed by atoms with E-state index in [1.807, 2.05) is 12.1 Å². The zero-order valence-electron chi connectivity index (χ0n) is 32.8. The van der Waals surface area contributed by atoms with Crippen LogP contribution in [-0.4, -0.2) is 19.1 Å². The van der Waals surface area contributed by atoms with Gasteiger partial charge in [-0.2, -0.15) is 0 Å². The van der Waals surface area contributed by atoms with E-state index in [4.69, 9.17) is 9.97 Å². The Kier molecular flexibility index (Phi) is 7.24. The van der Waals surface area contributed by atoms with Crippen LogP contribution in [-0.2, 0) is 5.41 Å². The molecule has 0 spiro atoms. The van der Waals surface area contributed by atoms with Crippen LogP contribution in [0.15, 0.2) is 194 Å². The topological polar surface area (TPSA) is 35.6 Å². The second-order valence-electron chi connectivity index (χ2n) is 16.2. The summed E-state index contributed by atoms with van der Waals surface area (Å²) in [6.07, 6.45) is 0. The van der Waals surface area contributed by atoms with Gasteiger partial charge in [0.15, 0.2) is 0 Å². The number of hydrogen-bond acceptors (Lipinski definition) is 2. The van der Waals surface area contributed by atoms with Crippen LogP contribution in [0.3, 0.4) is 0 Å².